The van der Waals surface area contributed by atoms with Gasteiger partial charge in [0.2, 0.25) is 0 Å². The number of benzene rings is 3. The quantitative estimate of drug-likeness (QED) is 0.425. The molecule has 0 atom stereocenters. The van der Waals surface area contributed by atoms with E-state index in [1.54, 1.807) is 4.68 Å². The first-order chi connectivity index (χ1) is 15.6. The van der Waals surface area contributed by atoms with Crippen molar-refractivity contribution in [3.8, 4) is 39.6 Å². The SMILES string of the molecule is Cc1c(-c2nc(-c3ccccc3)nnc2-c2ccccc2)c(=O)n(-c2ccccc2)n1C. The summed E-state index contributed by atoms with van der Waals surface area (Å²) >= 11 is 0. The lowest BCUT2D eigenvalue weighted by molar-refractivity contribution is 0.630. The molecule has 0 saturated carbocycles. The minimum Gasteiger partial charge on any atom is -0.285 e. The molecule has 0 unspecified atom stereocenters. The van der Waals surface area contributed by atoms with Gasteiger partial charge in [-0.15, -0.1) is 10.2 Å². The second kappa shape index (κ2) is 8.07. The number of nitrogens with zero attached hydrogens (tertiary/aromatic N) is 5. The van der Waals surface area contributed by atoms with E-state index in [1.165, 1.54) is 0 Å². The highest BCUT2D eigenvalue weighted by Crippen LogP contribution is 2.30. The zero-order valence-corrected chi connectivity index (χ0v) is 17.8. The molecule has 6 heteroatoms. The third-order valence-corrected chi connectivity index (χ3v) is 5.56. The van der Waals surface area contributed by atoms with Crippen LogP contribution in [-0.4, -0.2) is 24.5 Å². The Bertz CT molecular complexity index is 1440. The van der Waals surface area contributed by atoms with Gasteiger partial charge in [0, 0.05) is 23.9 Å². The Morgan fingerprint density at radius 3 is 1.88 bits per heavy atom. The molecule has 156 valence electrons. The minimum atomic E-state index is -0.145. The van der Waals surface area contributed by atoms with Crippen molar-refractivity contribution in [2.24, 2.45) is 7.05 Å². The molecular weight excluding hydrogens is 398 g/mol. The molecule has 32 heavy (non-hydrogen) atoms. The summed E-state index contributed by atoms with van der Waals surface area (Å²) in [5.74, 6) is 0.481. The van der Waals surface area contributed by atoms with E-state index >= 15 is 0 Å². The normalized spacial score (nSPS) is 10.9. The molecule has 0 saturated heterocycles. The van der Waals surface area contributed by atoms with Crippen LogP contribution in [0.1, 0.15) is 5.69 Å². The average Bonchev–Trinajstić information content (AvgIpc) is 3.08. The maximum Gasteiger partial charge on any atom is 0.281 e. The van der Waals surface area contributed by atoms with E-state index in [-0.39, 0.29) is 5.56 Å². The zero-order chi connectivity index (χ0) is 22.1. The van der Waals surface area contributed by atoms with Crippen LogP contribution in [-0.2, 0) is 7.05 Å². The van der Waals surface area contributed by atoms with Crippen molar-refractivity contribution in [1.29, 1.82) is 0 Å². The maximum atomic E-state index is 13.7. The van der Waals surface area contributed by atoms with E-state index in [9.17, 15) is 4.79 Å². The van der Waals surface area contributed by atoms with Gasteiger partial charge in [0.05, 0.1) is 11.3 Å². The predicted octanol–water partition coefficient (Wildman–Crippen LogP) is 4.67. The van der Waals surface area contributed by atoms with Gasteiger partial charge >= 0.3 is 0 Å². The molecule has 0 aliphatic carbocycles. The zero-order valence-electron chi connectivity index (χ0n) is 17.8. The Labute approximate surface area is 185 Å². The summed E-state index contributed by atoms with van der Waals surface area (Å²) in [6, 6.07) is 29.0. The fraction of sp³-hybridized carbons (Fsp3) is 0.0769. The molecule has 5 aromatic rings. The molecule has 6 nitrogen and oxygen atoms in total. The predicted molar refractivity (Wildman–Crippen MR) is 125 cm³/mol. The molecule has 3 aromatic carbocycles. The van der Waals surface area contributed by atoms with Crippen LogP contribution in [0.15, 0.2) is 95.8 Å². The van der Waals surface area contributed by atoms with Crippen molar-refractivity contribution in [2.75, 3.05) is 0 Å². The van der Waals surface area contributed by atoms with Crippen LogP contribution in [0.3, 0.4) is 0 Å². The summed E-state index contributed by atoms with van der Waals surface area (Å²) in [5, 5.41) is 8.91. The Kier molecular flexibility index (Phi) is 4.95. The van der Waals surface area contributed by atoms with Crippen molar-refractivity contribution < 1.29 is 0 Å². The smallest absolute Gasteiger partial charge is 0.281 e. The summed E-state index contributed by atoms with van der Waals surface area (Å²) in [5.41, 5.74) is 4.77. The lowest BCUT2D eigenvalue weighted by atomic mass is 10.0. The molecule has 2 aromatic heterocycles. The van der Waals surface area contributed by atoms with Crippen LogP contribution in [0.4, 0.5) is 0 Å². The van der Waals surface area contributed by atoms with Gasteiger partial charge < -0.3 is 0 Å². The molecule has 5 rings (SSSR count). The summed E-state index contributed by atoms with van der Waals surface area (Å²) < 4.78 is 3.51. The van der Waals surface area contributed by atoms with E-state index in [4.69, 9.17) is 4.98 Å². The third kappa shape index (κ3) is 3.32. The number of rotatable bonds is 4. The Morgan fingerprint density at radius 1 is 0.688 bits per heavy atom. The summed E-state index contributed by atoms with van der Waals surface area (Å²) in [6.07, 6.45) is 0. The van der Waals surface area contributed by atoms with Gasteiger partial charge in [0.15, 0.2) is 5.82 Å². The molecule has 0 spiro atoms. The monoisotopic (exact) mass is 419 g/mol. The van der Waals surface area contributed by atoms with Crippen molar-refractivity contribution in [3.05, 3.63) is 107 Å². The lowest BCUT2D eigenvalue weighted by Gasteiger charge is -2.09. The van der Waals surface area contributed by atoms with Gasteiger partial charge in [0.1, 0.15) is 11.4 Å². The van der Waals surface area contributed by atoms with Gasteiger partial charge in [-0.05, 0) is 19.1 Å². The Hall–Kier alpha value is -4.32. The average molecular weight is 419 g/mol. The second-order valence-electron chi connectivity index (χ2n) is 7.50. The maximum absolute atomic E-state index is 13.7. The molecular formula is C26H21N5O. The van der Waals surface area contributed by atoms with E-state index in [0.717, 1.165) is 22.5 Å². The van der Waals surface area contributed by atoms with Gasteiger partial charge in [0.25, 0.3) is 5.56 Å². The molecule has 0 amide bonds. The van der Waals surface area contributed by atoms with Crippen molar-refractivity contribution in [2.45, 2.75) is 6.92 Å². The summed E-state index contributed by atoms with van der Waals surface area (Å²) in [7, 11) is 1.88. The highest BCUT2D eigenvalue weighted by molar-refractivity contribution is 5.79. The first kappa shape index (κ1) is 19.6. The number of hydrogen-bond acceptors (Lipinski definition) is 4. The van der Waals surface area contributed by atoms with Gasteiger partial charge in [-0.25, -0.2) is 9.67 Å². The first-order valence-electron chi connectivity index (χ1n) is 10.3. The molecule has 0 aliphatic heterocycles. The van der Waals surface area contributed by atoms with Crippen molar-refractivity contribution in [1.82, 2.24) is 24.5 Å². The Morgan fingerprint density at radius 2 is 1.25 bits per heavy atom. The lowest BCUT2D eigenvalue weighted by Crippen LogP contribution is -2.20. The standard InChI is InChI=1S/C26H21N5O/c1-18-22(26(32)31(30(18)2)21-16-10-5-11-17-21)24-23(19-12-6-3-7-13-19)28-29-25(27-24)20-14-8-4-9-15-20/h3-17H,1-2H3. The molecule has 0 fully saturated rings. The molecule has 0 bridgehead atoms. The molecule has 0 radical (unpaired) electrons. The second-order valence-corrected chi connectivity index (χ2v) is 7.50. The molecule has 0 aliphatic rings. The van der Waals surface area contributed by atoms with Gasteiger partial charge in [-0.2, -0.15) is 0 Å². The van der Waals surface area contributed by atoms with E-state index in [2.05, 4.69) is 10.2 Å². The highest BCUT2D eigenvalue weighted by Gasteiger charge is 2.24. The van der Waals surface area contributed by atoms with Gasteiger partial charge in [-0.1, -0.05) is 78.9 Å². The summed E-state index contributed by atoms with van der Waals surface area (Å²) in [6.45, 7) is 1.93. The number of para-hydroxylation sites is 1. The third-order valence-electron chi connectivity index (χ3n) is 5.56. The van der Waals surface area contributed by atoms with Crippen LogP contribution >= 0.6 is 0 Å². The topological polar surface area (TPSA) is 65.6 Å². The van der Waals surface area contributed by atoms with Crippen LogP contribution < -0.4 is 5.56 Å². The van der Waals surface area contributed by atoms with Crippen LogP contribution in [0.5, 0.6) is 0 Å². The van der Waals surface area contributed by atoms with Crippen LogP contribution in [0, 0.1) is 6.92 Å². The fourth-order valence-corrected chi connectivity index (χ4v) is 3.84. The van der Waals surface area contributed by atoms with Crippen LogP contribution in [0.25, 0.3) is 39.6 Å². The highest BCUT2D eigenvalue weighted by atomic mass is 16.1. The summed E-state index contributed by atoms with van der Waals surface area (Å²) in [4.78, 5) is 18.6. The van der Waals surface area contributed by atoms with Crippen molar-refractivity contribution in [3.63, 3.8) is 0 Å². The van der Waals surface area contributed by atoms with Gasteiger partial charge in [-0.3, -0.25) is 9.48 Å². The minimum absolute atomic E-state index is 0.145. The first-order valence-corrected chi connectivity index (χ1v) is 10.3. The van der Waals surface area contributed by atoms with E-state index in [0.29, 0.717) is 22.8 Å². The number of aromatic nitrogens is 5. The number of hydrogen-bond donors (Lipinski definition) is 0. The molecule has 0 N–H and O–H groups in total. The van der Waals surface area contributed by atoms with E-state index in [1.807, 2.05) is 110 Å². The van der Waals surface area contributed by atoms with Crippen molar-refractivity contribution >= 4 is 0 Å². The van der Waals surface area contributed by atoms with E-state index < -0.39 is 0 Å². The largest absolute Gasteiger partial charge is 0.285 e. The molecule has 2 heterocycles. The fourth-order valence-electron chi connectivity index (χ4n) is 3.84. The Balaban J connectivity index is 1.80. The van der Waals surface area contributed by atoms with Crippen LogP contribution in [0.2, 0.25) is 0 Å².